The van der Waals surface area contributed by atoms with Crippen LogP contribution in [0.1, 0.15) is 29.2 Å². The molecule has 0 unspecified atom stereocenters. The predicted octanol–water partition coefficient (Wildman–Crippen LogP) is 4.58. The number of hydrogen-bond acceptors (Lipinski definition) is 7. The van der Waals surface area contributed by atoms with Crippen LogP contribution < -0.4 is 10.6 Å². The van der Waals surface area contributed by atoms with Crippen LogP contribution in [-0.2, 0) is 37.4 Å². The van der Waals surface area contributed by atoms with Crippen molar-refractivity contribution in [2.75, 3.05) is 50.9 Å². The topological polar surface area (TPSA) is 91.2 Å². The summed E-state index contributed by atoms with van der Waals surface area (Å²) < 4.78 is 43.6. The summed E-state index contributed by atoms with van der Waals surface area (Å²) in [4.78, 5) is 26.0. The van der Waals surface area contributed by atoms with Gasteiger partial charge in [-0.15, -0.1) is 0 Å². The molecule has 1 amide bonds. The second-order valence-electron chi connectivity index (χ2n) is 10.7. The third-order valence-electron chi connectivity index (χ3n) is 7.64. The van der Waals surface area contributed by atoms with E-state index in [1.807, 2.05) is 24.1 Å². The fourth-order valence-electron chi connectivity index (χ4n) is 5.31. The Labute approximate surface area is 242 Å². The van der Waals surface area contributed by atoms with Gasteiger partial charge in [-0.25, -0.2) is 9.97 Å². The molecule has 4 aromatic rings. The first-order valence-corrected chi connectivity index (χ1v) is 14.0. The van der Waals surface area contributed by atoms with Gasteiger partial charge in [-0.1, -0.05) is 19.1 Å². The number of likely N-dealkylation sites (N-methyl/N-ethyl adjacent to an activating group) is 1. The molecule has 0 saturated carbocycles. The lowest BCUT2D eigenvalue weighted by molar-refractivity contribution is -0.138. The molecule has 1 aliphatic heterocycles. The fourth-order valence-corrected chi connectivity index (χ4v) is 5.31. The first-order chi connectivity index (χ1) is 20.0. The zero-order valence-electron chi connectivity index (χ0n) is 24.2. The lowest BCUT2D eigenvalue weighted by Crippen LogP contribution is -2.44. The van der Waals surface area contributed by atoms with E-state index >= 15 is 0 Å². The first-order valence-electron chi connectivity index (χ1n) is 14.0. The average molecular weight is 581 g/mol. The molecule has 0 atom stereocenters. The molecule has 9 nitrogen and oxygen atoms in total. The van der Waals surface area contributed by atoms with Gasteiger partial charge in [0.05, 0.1) is 23.2 Å². The second-order valence-corrected chi connectivity index (χ2v) is 10.7. The minimum Gasteiger partial charge on any atom is -0.357 e. The average Bonchev–Trinajstić information content (AvgIpc) is 3.32. The van der Waals surface area contributed by atoms with Crippen molar-refractivity contribution in [3.05, 3.63) is 64.8 Å². The lowest BCUT2D eigenvalue weighted by Gasteiger charge is -2.33. The molecule has 0 spiro atoms. The fraction of sp³-hybridized carbons (Fsp3) is 0.400. The summed E-state index contributed by atoms with van der Waals surface area (Å²) in [6.45, 7) is 5.35. The molecule has 1 aliphatic rings. The maximum absolute atomic E-state index is 14.0. The molecule has 222 valence electrons. The Bertz CT molecular complexity index is 1590. The number of halogens is 3. The number of benzene rings is 2. The standard InChI is InChI=1S/C30H35F3N8O/c1-5-20-14-22(15-23-17-35-29(34-2)37-28(20)23)25-16-26(38-40(25)4)36-27(42)13-19-6-7-21(24(12-19)30(31,32)33)18-41-10-8-39(3)9-11-41/h6-7,12,14-17H,5,8-11,13,18H2,1-4H3,(H,34,35,37)(H,36,38,42). The number of carbonyl (C=O) groups excluding carboxylic acids is 1. The van der Waals surface area contributed by atoms with Crippen molar-refractivity contribution in [2.45, 2.75) is 32.5 Å². The molecule has 5 rings (SSSR count). The van der Waals surface area contributed by atoms with E-state index in [1.54, 1.807) is 37.1 Å². The molecule has 1 saturated heterocycles. The molecule has 3 heterocycles. The SMILES string of the molecule is CCc1cc(-c2cc(NC(=O)Cc3ccc(CN4CCN(C)CC4)c(C(F)(F)F)c3)nn2C)cc2cnc(NC)nc12. The highest BCUT2D eigenvalue weighted by Crippen LogP contribution is 2.34. The molecule has 42 heavy (non-hydrogen) atoms. The van der Waals surface area contributed by atoms with Crippen LogP contribution in [0.25, 0.3) is 22.2 Å². The number of fused-ring (bicyclic) bond motifs is 1. The van der Waals surface area contributed by atoms with Crippen molar-refractivity contribution in [1.29, 1.82) is 0 Å². The van der Waals surface area contributed by atoms with Gasteiger partial charge in [0.2, 0.25) is 11.9 Å². The molecule has 2 N–H and O–H groups in total. The Balaban J connectivity index is 1.32. The largest absolute Gasteiger partial charge is 0.416 e. The molecular weight excluding hydrogens is 545 g/mol. The van der Waals surface area contributed by atoms with Crippen LogP contribution in [-0.4, -0.2) is 75.7 Å². The Morgan fingerprint density at radius 3 is 2.48 bits per heavy atom. The molecule has 12 heteroatoms. The van der Waals surface area contributed by atoms with Crippen molar-refractivity contribution < 1.29 is 18.0 Å². The summed E-state index contributed by atoms with van der Waals surface area (Å²) in [7, 11) is 5.55. The normalized spacial score (nSPS) is 14.8. The third-order valence-corrected chi connectivity index (χ3v) is 7.64. The maximum Gasteiger partial charge on any atom is 0.416 e. The van der Waals surface area contributed by atoms with Crippen LogP contribution in [0.3, 0.4) is 0 Å². The predicted molar refractivity (Wildman–Crippen MR) is 157 cm³/mol. The Morgan fingerprint density at radius 2 is 1.79 bits per heavy atom. The van der Waals surface area contributed by atoms with Crippen LogP contribution in [0, 0.1) is 0 Å². The van der Waals surface area contributed by atoms with Gasteiger partial charge in [0.25, 0.3) is 0 Å². The first kappa shape index (κ1) is 29.5. The number of hydrogen-bond donors (Lipinski definition) is 2. The van der Waals surface area contributed by atoms with Gasteiger partial charge in [0, 0.05) is 70.0 Å². The van der Waals surface area contributed by atoms with Gasteiger partial charge in [-0.3, -0.25) is 14.4 Å². The Morgan fingerprint density at radius 1 is 1.02 bits per heavy atom. The monoisotopic (exact) mass is 580 g/mol. The van der Waals surface area contributed by atoms with Crippen LogP contribution in [0.2, 0.25) is 0 Å². The third kappa shape index (κ3) is 6.55. The summed E-state index contributed by atoms with van der Waals surface area (Å²) in [6, 6.07) is 9.96. The van der Waals surface area contributed by atoms with Gasteiger partial charge >= 0.3 is 6.18 Å². The van der Waals surface area contributed by atoms with Gasteiger partial charge in [0.1, 0.15) is 0 Å². The quantitative estimate of drug-likeness (QED) is 0.315. The van der Waals surface area contributed by atoms with Crippen molar-refractivity contribution >= 4 is 28.6 Å². The van der Waals surface area contributed by atoms with Crippen LogP contribution >= 0.6 is 0 Å². The summed E-state index contributed by atoms with van der Waals surface area (Å²) >= 11 is 0. The molecule has 0 bridgehead atoms. The molecule has 2 aromatic carbocycles. The molecule has 1 fully saturated rings. The van der Waals surface area contributed by atoms with Gasteiger partial charge in [-0.05, 0) is 48.4 Å². The Hall–Kier alpha value is -4.03. The van der Waals surface area contributed by atoms with E-state index in [1.165, 1.54) is 6.07 Å². The van der Waals surface area contributed by atoms with Gasteiger partial charge < -0.3 is 15.5 Å². The second kappa shape index (κ2) is 12.1. The number of amides is 1. The molecule has 0 aliphatic carbocycles. The number of rotatable bonds is 8. The minimum atomic E-state index is -4.51. The van der Waals surface area contributed by atoms with E-state index in [0.717, 1.165) is 53.3 Å². The summed E-state index contributed by atoms with van der Waals surface area (Å²) in [5.41, 5.74) is 3.39. The molecular formula is C30H35F3N8O. The number of nitrogens with one attached hydrogen (secondary N) is 2. The van der Waals surface area contributed by atoms with Crippen molar-refractivity contribution in [3.8, 4) is 11.3 Å². The van der Waals surface area contributed by atoms with Crippen molar-refractivity contribution in [2.24, 2.45) is 7.05 Å². The summed E-state index contributed by atoms with van der Waals surface area (Å²) in [5.74, 6) is 0.419. The Kier molecular flexibility index (Phi) is 8.46. The number of carbonyl (C=O) groups is 1. The number of aryl methyl sites for hydroxylation is 2. The van der Waals surface area contributed by atoms with Crippen LogP contribution in [0.5, 0.6) is 0 Å². The summed E-state index contributed by atoms with van der Waals surface area (Å²) in [5, 5.41) is 11.0. The molecule has 2 aromatic heterocycles. The van der Waals surface area contributed by atoms with Crippen molar-refractivity contribution in [3.63, 3.8) is 0 Å². The highest BCUT2D eigenvalue weighted by atomic mass is 19.4. The van der Waals surface area contributed by atoms with E-state index in [4.69, 9.17) is 0 Å². The zero-order valence-corrected chi connectivity index (χ0v) is 24.2. The van der Waals surface area contributed by atoms with E-state index in [2.05, 4.69) is 37.5 Å². The van der Waals surface area contributed by atoms with Crippen LogP contribution in [0.4, 0.5) is 24.9 Å². The summed E-state index contributed by atoms with van der Waals surface area (Å²) in [6.07, 6.45) is -2.19. The number of nitrogens with zero attached hydrogens (tertiary/aromatic N) is 6. The number of piperazine rings is 1. The number of anilines is 2. The maximum atomic E-state index is 14.0. The number of aromatic nitrogens is 4. The molecule has 0 radical (unpaired) electrons. The van der Waals surface area contributed by atoms with E-state index < -0.39 is 17.6 Å². The van der Waals surface area contributed by atoms with Gasteiger partial charge in [-0.2, -0.15) is 18.3 Å². The van der Waals surface area contributed by atoms with E-state index in [-0.39, 0.29) is 18.5 Å². The van der Waals surface area contributed by atoms with Gasteiger partial charge in [0.15, 0.2) is 5.82 Å². The highest BCUT2D eigenvalue weighted by molar-refractivity contribution is 5.92. The number of alkyl halides is 3. The van der Waals surface area contributed by atoms with Crippen molar-refractivity contribution in [1.82, 2.24) is 29.5 Å². The van der Waals surface area contributed by atoms with E-state index in [0.29, 0.717) is 30.4 Å². The zero-order chi connectivity index (χ0) is 30.0. The van der Waals surface area contributed by atoms with Crippen LogP contribution in [0.15, 0.2) is 42.6 Å². The highest BCUT2D eigenvalue weighted by Gasteiger charge is 2.34. The minimum absolute atomic E-state index is 0.204. The lowest BCUT2D eigenvalue weighted by atomic mass is 10.0. The van der Waals surface area contributed by atoms with E-state index in [9.17, 15) is 18.0 Å². The smallest absolute Gasteiger partial charge is 0.357 e.